The van der Waals surface area contributed by atoms with E-state index in [-0.39, 0.29) is 0 Å². The van der Waals surface area contributed by atoms with Gasteiger partial charge in [-0.25, -0.2) is 4.98 Å². The maximum Gasteiger partial charge on any atom is 0.129 e. The zero-order valence-corrected chi connectivity index (χ0v) is 14.1. The van der Waals surface area contributed by atoms with Crippen molar-refractivity contribution >= 4 is 16.7 Å². The van der Waals surface area contributed by atoms with Crippen LogP contribution in [-0.4, -0.2) is 23.1 Å². The average Bonchev–Trinajstić information content (AvgIpc) is 2.94. The summed E-state index contributed by atoms with van der Waals surface area (Å²) in [7, 11) is 0. The van der Waals surface area contributed by atoms with Gasteiger partial charge in [0.25, 0.3) is 0 Å². The van der Waals surface area contributed by atoms with Gasteiger partial charge in [0.1, 0.15) is 5.82 Å². The lowest BCUT2D eigenvalue weighted by atomic mass is 9.93. The maximum atomic E-state index is 9.02. The van der Waals surface area contributed by atoms with Crippen LogP contribution < -0.4 is 4.90 Å². The van der Waals surface area contributed by atoms with Crippen LogP contribution in [0.2, 0.25) is 0 Å². The van der Waals surface area contributed by atoms with Crippen molar-refractivity contribution in [3.8, 4) is 6.07 Å². The van der Waals surface area contributed by atoms with E-state index in [0.29, 0.717) is 11.5 Å². The van der Waals surface area contributed by atoms with E-state index in [2.05, 4.69) is 40.2 Å². The van der Waals surface area contributed by atoms with Crippen LogP contribution in [0.15, 0.2) is 54.9 Å². The van der Waals surface area contributed by atoms with Gasteiger partial charge in [0.15, 0.2) is 0 Å². The van der Waals surface area contributed by atoms with Crippen LogP contribution >= 0.6 is 0 Å². The van der Waals surface area contributed by atoms with E-state index in [9.17, 15) is 0 Å². The first-order chi connectivity index (χ1) is 12.3. The number of nitrogens with zero attached hydrogens (tertiary/aromatic N) is 4. The number of nitriles is 1. The van der Waals surface area contributed by atoms with Crippen molar-refractivity contribution in [1.82, 2.24) is 9.97 Å². The second-order valence-corrected chi connectivity index (χ2v) is 6.58. The number of rotatable bonds is 2. The van der Waals surface area contributed by atoms with Gasteiger partial charge in [-0.3, -0.25) is 4.98 Å². The Morgan fingerprint density at radius 1 is 1.00 bits per heavy atom. The predicted octanol–water partition coefficient (Wildman–Crippen LogP) is 4.28. The van der Waals surface area contributed by atoms with E-state index in [4.69, 9.17) is 10.2 Å². The monoisotopic (exact) mass is 328 g/mol. The van der Waals surface area contributed by atoms with Gasteiger partial charge in [-0.2, -0.15) is 5.26 Å². The van der Waals surface area contributed by atoms with E-state index in [1.165, 1.54) is 18.4 Å². The Morgan fingerprint density at radius 2 is 1.88 bits per heavy atom. The van der Waals surface area contributed by atoms with Gasteiger partial charge in [0.2, 0.25) is 0 Å². The normalized spacial score (nSPS) is 17.9. The summed E-state index contributed by atoms with van der Waals surface area (Å²) >= 11 is 0. The number of anilines is 1. The number of aromatic nitrogens is 2. The number of pyridine rings is 2. The number of fused-ring (bicyclic) bond motifs is 1. The quantitative estimate of drug-likeness (QED) is 0.705. The lowest BCUT2D eigenvalue weighted by Crippen LogP contribution is -2.25. The number of benzene rings is 1. The molecule has 2 aromatic heterocycles. The summed E-state index contributed by atoms with van der Waals surface area (Å²) in [6.07, 6.45) is 7.29. The van der Waals surface area contributed by atoms with Crippen LogP contribution in [0, 0.1) is 11.3 Å². The molecule has 0 radical (unpaired) electrons. The molecule has 1 aromatic carbocycles. The minimum absolute atomic E-state index is 0.603. The molecular weight excluding hydrogens is 308 g/mol. The Balaban J connectivity index is 1.54. The largest absolute Gasteiger partial charge is 0.357 e. The standard InChI is InChI=1S/C21H20N4/c22-15-16-3-5-20-19(14-16)4-6-21(24-20)25-12-1-2-17(9-13-25)18-7-10-23-11-8-18/h3-8,10-11,14,17H,1-2,9,12-13H2. The second-order valence-electron chi connectivity index (χ2n) is 6.58. The molecule has 1 atom stereocenters. The Morgan fingerprint density at radius 3 is 2.72 bits per heavy atom. The van der Waals surface area contributed by atoms with E-state index in [0.717, 1.165) is 36.2 Å². The van der Waals surface area contributed by atoms with Gasteiger partial charge in [0.05, 0.1) is 17.1 Å². The molecule has 1 unspecified atom stereocenters. The van der Waals surface area contributed by atoms with Gasteiger partial charge < -0.3 is 4.90 Å². The summed E-state index contributed by atoms with van der Waals surface area (Å²) in [6.45, 7) is 2.05. The Kier molecular flexibility index (Phi) is 4.30. The fraction of sp³-hybridized carbons (Fsp3) is 0.286. The summed E-state index contributed by atoms with van der Waals surface area (Å²) < 4.78 is 0. The van der Waals surface area contributed by atoms with E-state index in [1.54, 1.807) is 0 Å². The molecule has 0 amide bonds. The third-order valence-electron chi connectivity index (χ3n) is 5.03. The van der Waals surface area contributed by atoms with Crippen LogP contribution in [0.25, 0.3) is 10.9 Å². The SMILES string of the molecule is N#Cc1ccc2nc(N3CCCC(c4ccncc4)CC3)ccc2c1. The lowest BCUT2D eigenvalue weighted by molar-refractivity contribution is 0.611. The molecule has 1 aliphatic heterocycles. The van der Waals surface area contributed by atoms with Crippen LogP contribution in [0.3, 0.4) is 0 Å². The van der Waals surface area contributed by atoms with Crippen molar-refractivity contribution in [2.45, 2.75) is 25.2 Å². The summed E-state index contributed by atoms with van der Waals surface area (Å²) in [6, 6.07) is 16.3. The molecule has 3 heterocycles. The highest BCUT2D eigenvalue weighted by molar-refractivity contribution is 5.81. The Hall–Kier alpha value is -2.93. The van der Waals surface area contributed by atoms with Crippen molar-refractivity contribution in [2.24, 2.45) is 0 Å². The highest BCUT2D eigenvalue weighted by Gasteiger charge is 2.19. The molecule has 1 aliphatic rings. The van der Waals surface area contributed by atoms with Gasteiger partial charge in [-0.1, -0.05) is 0 Å². The Labute approximate surface area is 147 Å². The zero-order valence-electron chi connectivity index (χ0n) is 14.1. The smallest absolute Gasteiger partial charge is 0.129 e. The van der Waals surface area contributed by atoms with Gasteiger partial charge >= 0.3 is 0 Å². The zero-order chi connectivity index (χ0) is 17.1. The molecule has 0 N–H and O–H groups in total. The highest BCUT2D eigenvalue weighted by atomic mass is 15.2. The Bertz CT molecular complexity index is 914. The van der Waals surface area contributed by atoms with Crippen LogP contribution in [-0.2, 0) is 0 Å². The fourth-order valence-corrected chi connectivity index (χ4v) is 3.65. The van der Waals surface area contributed by atoms with E-state index < -0.39 is 0 Å². The van der Waals surface area contributed by atoms with Crippen molar-refractivity contribution in [3.63, 3.8) is 0 Å². The topological polar surface area (TPSA) is 52.8 Å². The van der Waals surface area contributed by atoms with Crippen LogP contribution in [0.1, 0.15) is 36.3 Å². The summed E-state index contributed by atoms with van der Waals surface area (Å²) in [4.78, 5) is 11.3. The second kappa shape index (κ2) is 6.90. The highest BCUT2D eigenvalue weighted by Crippen LogP contribution is 2.29. The van der Waals surface area contributed by atoms with Crippen LogP contribution in [0.5, 0.6) is 0 Å². The molecule has 4 heteroatoms. The summed E-state index contributed by atoms with van der Waals surface area (Å²) in [5.74, 6) is 1.64. The molecule has 1 saturated heterocycles. The van der Waals surface area contributed by atoms with Gasteiger partial charge in [0, 0.05) is 30.9 Å². The van der Waals surface area contributed by atoms with Crippen molar-refractivity contribution < 1.29 is 0 Å². The van der Waals surface area contributed by atoms with Crippen LogP contribution in [0.4, 0.5) is 5.82 Å². The van der Waals surface area contributed by atoms with Crippen molar-refractivity contribution in [1.29, 1.82) is 5.26 Å². The number of hydrogen-bond acceptors (Lipinski definition) is 4. The fourth-order valence-electron chi connectivity index (χ4n) is 3.65. The number of hydrogen-bond donors (Lipinski definition) is 0. The third kappa shape index (κ3) is 3.32. The molecule has 3 aromatic rings. The predicted molar refractivity (Wildman–Crippen MR) is 99.5 cm³/mol. The molecule has 4 rings (SSSR count). The van der Waals surface area contributed by atoms with Crippen molar-refractivity contribution in [3.05, 3.63) is 66.0 Å². The minimum Gasteiger partial charge on any atom is -0.357 e. The maximum absolute atomic E-state index is 9.02. The van der Waals surface area contributed by atoms with E-state index in [1.807, 2.05) is 30.6 Å². The molecule has 1 fully saturated rings. The summed E-state index contributed by atoms with van der Waals surface area (Å²) in [5.41, 5.74) is 3.02. The first kappa shape index (κ1) is 15.6. The average molecular weight is 328 g/mol. The first-order valence-corrected chi connectivity index (χ1v) is 8.79. The lowest BCUT2D eigenvalue weighted by Gasteiger charge is -2.22. The third-order valence-corrected chi connectivity index (χ3v) is 5.03. The molecular formula is C21H20N4. The van der Waals surface area contributed by atoms with E-state index >= 15 is 0 Å². The molecule has 0 saturated carbocycles. The molecule has 0 spiro atoms. The molecule has 0 aliphatic carbocycles. The van der Waals surface area contributed by atoms with Gasteiger partial charge in [-0.15, -0.1) is 0 Å². The molecule has 124 valence electrons. The summed E-state index contributed by atoms with van der Waals surface area (Å²) in [5, 5.41) is 10.0. The van der Waals surface area contributed by atoms with Crippen molar-refractivity contribution in [2.75, 3.05) is 18.0 Å². The molecule has 4 nitrogen and oxygen atoms in total. The molecule has 25 heavy (non-hydrogen) atoms. The minimum atomic E-state index is 0.603. The first-order valence-electron chi connectivity index (χ1n) is 8.79. The van der Waals surface area contributed by atoms with Gasteiger partial charge in [-0.05, 0) is 73.2 Å². The molecule has 0 bridgehead atoms.